The van der Waals surface area contributed by atoms with Crippen LogP contribution in [0.5, 0.6) is 5.75 Å². The van der Waals surface area contributed by atoms with Crippen LogP contribution in [0, 0.1) is 0 Å². The number of carboxylic acids is 1. The van der Waals surface area contributed by atoms with Gasteiger partial charge in [0.1, 0.15) is 15.8 Å². The Hall–Kier alpha value is -3.14. The lowest BCUT2D eigenvalue weighted by molar-refractivity contribution is -0.137. The summed E-state index contributed by atoms with van der Waals surface area (Å²) in [5.74, 6) is -0.406. The monoisotopic (exact) mass is 541 g/mol. The second-order valence-electron chi connectivity index (χ2n) is 8.10. The predicted octanol–water partition coefficient (Wildman–Crippen LogP) is 6.05. The Morgan fingerprint density at radius 2 is 1.97 bits per heavy atom. The van der Waals surface area contributed by atoms with E-state index in [1.165, 1.54) is 11.8 Å². The van der Waals surface area contributed by atoms with E-state index < -0.39 is 5.97 Å². The summed E-state index contributed by atoms with van der Waals surface area (Å²) in [4.78, 5) is 25.9. The van der Waals surface area contributed by atoms with E-state index in [9.17, 15) is 9.59 Å². The SMILES string of the molecule is COc1ccc(-c2nn(-c3ccccc3)cc2C=C2SC(=S)N(CCCCCC(=O)O)C2=O)cc1Cl. The maximum atomic E-state index is 13.1. The number of carbonyl (C=O) groups excluding carboxylic acids is 1. The zero-order chi connectivity index (χ0) is 25.7. The van der Waals surface area contributed by atoms with Crippen molar-refractivity contribution >= 4 is 57.9 Å². The normalized spacial score (nSPS) is 14.6. The molecule has 0 atom stereocenters. The third kappa shape index (κ3) is 5.98. The molecule has 0 unspecified atom stereocenters. The first-order chi connectivity index (χ1) is 17.4. The van der Waals surface area contributed by atoms with Gasteiger partial charge in [-0.15, -0.1) is 0 Å². The molecule has 1 saturated heterocycles. The van der Waals surface area contributed by atoms with Crippen LogP contribution >= 0.6 is 35.6 Å². The molecule has 1 fully saturated rings. The van der Waals surface area contributed by atoms with Crippen molar-refractivity contribution in [1.82, 2.24) is 14.7 Å². The maximum absolute atomic E-state index is 13.1. The molecule has 3 aromatic rings. The first kappa shape index (κ1) is 25.9. The number of nitrogens with zero attached hydrogens (tertiary/aromatic N) is 3. The maximum Gasteiger partial charge on any atom is 0.303 e. The number of hydrogen-bond acceptors (Lipinski definition) is 6. The van der Waals surface area contributed by atoms with Gasteiger partial charge in [-0.2, -0.15) is 5.10 Å². The molecule has 4 rings (SSSR count). The second kappa shape index (κ2) is 11.7. The van der Waals surface area contributed by atoms with Crippen LogP contribution in [-0.2, 0) is 9.59 Å². The van der Waals surface area contributed by atoms with E-state index in [0.29, 0.717) is 51.5 Å². The number of carbonyl (C=O) groups is 2. The third-order valence-electron chi connectivity index (χ3n) is 5.62. The molecular weight excluding hydrogens is 518 g/mol. The summed E-state index contributed by atoms with van der Waals surface area (Å²) >= 11 is 13.1. The highest BCUT2D eigenvalue weighted by Crippen LogP contribution is 2.36. The molecule has 0 saturated carbocycles. The molecule has 1 aliphatic rings. The van der Waals surface area contributed by atoms with Crippen LogP contribution in [0.25, 0.3) is 23.0 Å². The number of hydrogen-bond donors (Lipinski definition) is 1. The van der Waals surface area contributed by atoms with Crippen molar-refractivity contribution in [2.75, 3.05) is 13.7 Å². The summed E-state index contributed by atoms with van der Waals surface area (Å²) in [5.41, 5.74) is 3.09. The van der Waals surface area contributed by atoms with Crippen LogP contribution in [0.2, 0.25) is 5.02 Å². The fourth-order valence-corrected chi connectivity index (χ4v) is 5.36. The lowest BCUT2D eigenvalue weighted by atomic mass is 10.1. The summed E-state index contributed by atoms with van der Waals surface area (Å²) < 4.78 is 7.54. The summed E-state index contributed by atoms with van der Waals surface area (Å²) in [6.07, 6.45) is 5.79. The molecule has 36 heavy (non-hydrogen) atoms. The number of unbranched alkanes of at least 4 members (excludes halogenated alkanes) is 2. The Kier molecular flexibility index (Phi) is 8.45. The largest absolute Gasteiger partial charge is 0.495 e. The van der Waals surface area contributed by atoms with Gasteiger partial charge >= 0.3 is 5.97 Å². The molecule has 0 aliphatic carbocycles. The highest BCUT2D eigenvalue weighted by Gasteiger charge is 2.32. The zero-order valence-electron chi connectivity index (χ0n) is 19.5. The Balaban J connectivity index is 1.62. The molecule has 2 heterocycles. The fraction of sp³-hybridized carbons (Fsp3) is 0.231. The van der Waals surface area contributed by atoms with Gasteiger partial charge in [-0.3, -0.25) is 14.5 Å². The number of ether oxygens (including phenoxy) is 1. The van der Waals surface area contributed by atoms with Crippen molar-refractivity contribution in [2.24, 2.45) is 0 Å². The van der Waals surface area contributed by atoms with Gasteiger partial charge in [0.05, 0.1) is 22.7 Å². The van der Waals surface area contributed by atoms with Gasteiger partial charge in [0.25, 0.3) is 5.91 Å². The fourth-order valence-electron chi connectivity index (χ4n) is 3.80. The molecule has 1 aromatic heterocycles. The Bertz CT molecular complexity index is 1320. The number of carboxylic acid groups (broad SMARTS) is 1. The van der Waals surface area contributed by atoms with Crippen molar-refractivity contribution in [1.29, 1.82) is 0 Å². The minimum Gasteiger partial charge on any atom is -0.495 e. The van der Waals surface area contributed by atoms with Crippen molar-refractivity contribution in [2.45, 2.75) is 25.7 Å². The van der Waals surface area contributed by atoms with Gasteiger partial charge in [-0.05, 0) is 49.2 Å². The van der Waals surface area contributed by atoms with E-state index in [1.807, 2.05) is 48.7 Å². The number of thiocarbonyl (C=S) groups is 1. The number of halogens is 1. The summed E-state index contributed by atoms with van der Waals surface area (Å²) in [7, 11) is 1.56. The molecule has 10 heteroatoms. The van der Waals surface area contributed by atoms with Crippen LogP contribution in [0.4, 0.5) is 0 Å². The minimum absolute atomic E-state index is 0.127. The number of thioether (sulfide) groups is 1. The molecule has 0 spiro atoms. The van der Waals surface area contributed by atoms with Crippen molar-refractivity contribution < 1.29 is 19.4 Å². The van der Waals surface area contributed by atoms with Gasteiger partial charge in [-0.25, -0.2) is 4.68 Å². The molecule has 0 radical (unpaired) electrons. The number of para-hydroxylation sites is 1. The van der Waals surface area contributed by atoms with Crippen LogP contribution in [0.3, 0.4) is 0 Å². The van der Waals surface area contributed by atoms with Gasteiger partial charge in [-0.1, -0.05) is 60.2 Å². The molecular formula is C26H24ClN3O4S2. The van der Waals surface area contributed by atoms with E-state index in [2.05, 4.69) is 0 Å². The Morgan fingerprint density at radius 1 is 1.19 bits per heavy atom. The third-order valence-corrected chi connectivity index (χ3v) is 7.29. The molecule has 2 aromatic carbocycles. The zero-order valence-corrected chi connectivity index (χ0v) is 21.9. The van der Waals surface area contributed by atoms with Gasteiger partial charge in [0, 0.05) is 30.3 Å². The number of methoxy groups -OCH3 is 1. The van der Waals surface area contributed by atoms with Crippen LogP contribution in [0.15, 0.2) is 59.6 Å². The summed E-state index contributed by atoms with van der Waals surface area (Å²) in [6, 6.07) is 15.2. The van der Waals surface area contributed by atoms with E-state index in [-0.39, 0.29) is 12.3 Å². The number of rotatable bonds is 10. The molecule has 1 amide bonds. The highest BCUT2D eigenvalue weighted by atomic mass is 35.5. The lowest BCUT2D eigenvalue weighted by Gasteiger charge is -2.13. The van der Waals surface area contributed by atoms with Crippen LogP contribution in [0.1, 0.15) is 31.2 Å². The second-order valence-corrected chi connectivity index (χ2v) is 10.2. The van der Waals surface area contributed by atoms with Gasteiger partial charge in [0.2, 0.25) is 0 Å². The number of amides is 1. The summed E-state index contributed by atoms with van der Waals surface area (Å²) in [5, 5.41) is 14.0. The van der Waals surface area contributed by atoms with Gasteiger partial charge in [0.15, 0.2) is 0 Å². The van der Waals surface area contributed by atoms with Crippen molar-refractivity contribution in [3.05, 3.63) is 70.2 Å². The van der Waals surface area contributed by atoms with Crippen LogP contribution < -0.4 is 4.74 Å². The molecule has 186 valence electrons. The molecule has 1 aliphatic heterocycles. The topological polar surface area (TPSA) is 84.7 Å². The first-order valence-electron chi connectivity index (χ1n) is 11.3. The average Bonchev–Trinajstić information content (AvgIpc) is 3.40. The smallest absolute Gasteiger partial charge is 0.303 e. The predicted molar refractivity (Wildman–Crippen MR) is 147 cm³/mol. The highest BCUT2D eigenvalue weighted by molar-refractivity contribution is 8.26. The standard InChI is InChI=1S/C26H24ClN3O4S2/c1-34-21-12-11-17(14-20(21)27)24-18(16-30(28-24)19-8-4-2-5-9-19)15-22-25(33)29(26(35)36-22)13-7-3-6-10-23(31)32/h2,4-5,8-9,11-12,14-16H,3,6-7,10,13H2,1H3,(H,31,32). The van der Waals surface area contributed by atoms with Crippen LogP contribution in [-0.4, -0.2) is 49.6 Å². The van der Waals surface area contributed by atoms with E-state index in [0.717, 1.165) is 16.8 Å². The number of aliphatic carboxylic acids is 1. The van der Waals surface area contributed by atoms with E-state index >= 15 is 0 Å². The Morgan fingerprint density at radius 3 is 2.67 bits per heavy atom. The summed E-state index contributed by atoms with van der Waals surface area (Å²) in [6.45, 7) is 0.464. The van der Waals surface area contributed by atoms with Crippen molar-refractivity contribution in [3.63, 3.8) is 0 Å². The van der Waals surface area contributed by atoms with E-state index in [4.69, 9.17) is 38.8 Å². The lowest BCUT2D eigenvalue weighted by Crippen LogP contribution is -2.29. The van der Waals surface area contributed by atoms with Gasteiger partial charge < -0.3 is 9.84 Å². The first-order valence-corrected chi connectivity index (χ1v) is 12.9. The van der Waals surface area contributed by atoms with E-state index in [1.54, 1.807) is 28.8 Å². The molecule has 1 N–H and O–H groups in total. The van der Waals surface area contributed by atoms with Crippen molar-refractivity contribution in [3.8, 4) is 22.7 Å². The molecule has 7 nitrogen and oxygen atoms in total. The number of aromatic nitrogens is 2. The minimum atomic E-state index is -0.812. The Labute approximate surface area is 223 Å². The molecule has 0 bridgehead atoms. The number of benzene rings is 2. The quantitative estimate of drug-likeness (QED) is 0.190. The average molecular weight is 542 g/mol.